The van der Waals surface area contributed by atoms with Gasteiger partial charge in [0.25, 0.3) is 0 Å². The lowest BCUT2D eigenvalue weighted by molar-refractivity contribution is 0.0954. The lowest BCUT2D eigenvalue weighted by Crippen LogP contribution is -2.15. The van der Waals surface area contributed by atoms with E-state index in [4.69, 9.17) is 14.6 Å². The number of aromatic hydroxyl groups is 1. The molecule has 5 heteroatoms. The first-order valence-electron chi connectivity index (χ1n) is 4.85. The first-order valence-corrected chi connectivity index (χ1v) is 4.85. The fraction of sp³-hybridized carbons (Fsp3) is 0.455. The summed E-state index contributed by atoms with van der Waals surface area (Å²) in [6.45, 7) is -0.314. The molecule has 0 aliphatic carbocycles. The Balaban J connectivity index is 3.02. The summed E-state index contributed by atoms with van der Waals surface area (Å²) < 4.78 is 9.94. The molecule has 90 valence electrons. The maximum absolute atomic E-state index is 9.64. The molecule has 1 aromatic rings. The van der Waals surface area contributed by atoms with Crippen molar-refractivity contribution in [2.45, 2.75) is 12.5 Å². The van der Waals surface area contributed by atoms with Gasteiger partial charge in [-0.1, -0.05) is 0 Å². The number of hydrogen-bond donors (Lipinski definition) is 3. The van der Waals surface area contributed by atoms with Gasteiger partial charge in [-0.05, 0) is 17.7 Å². The SMILES string of the molecule is COc1cc(C[C@H](O)CO)cc(OC)c1O. The molecule has 0 aromatic heterocycles. The summed E-state index contributed by atoms with van der Waals surface area (Å²) in [5, 5.41) is 27.7. The number of aliphatic hydroxyl groups excluding tert-OH is 2. The fourth-order valence-electron chi connectivity index (χ4n) is 1.40. The van der Waals surface area contributed by atoms with Gasteiger partial charge in [-0.25, -0.2) is 0 Å². The zero-order chi connectivity index (χ0) is 12.1. The van der Waals surface area contributed by atoms with E-state index in [-0.39, 0.29) is 30.3 Å². The normalized spacial score (nSPS) is 12.2. The third kappa shape index (κ3) is 2.77. The van der Waals surface area contributed by atoms with Gasteiger partial charge < -0.3 is 24.8 Å². The number of phenolic OH excluding ortho intramolecular Hbond substituents is 1. The first-order chi connectivity index (χ1) is 7.62. The maximum atomic E-state index is 9.64. The summed E-state index contributed by atoms with van der Waals surface area (Å²) in [6, 6.07) is 3.19. The number of phenols is 1. The summed E-state index contributed by atoms with van der Waals surface area (Å²) in [7, 11) is 2.86. The molecule has 0 bridgehead atoms. The number of aliphatic hydroxyl groups is 2. The van der Waals surface area contributed by atoms with Crippen molar-refractivity contribution in [3.63, 3.8) is 0 Å². The van der Waals surface area contributed by atoms with Gasteiger partial charge in [-0.2, -0.15) is 0 Å². The average Bonchev–Trinajstić information content (AvgIpc) is 2.30. The summed E-state index contributed by atoms with van der Waals surface area (Å²) >= 11 is 0. The summed E-state index contributed by atoms with van der Waals surface area (Å²) in [6.07, 6.45) is -0.567. The Hall–Kier alpha value is -1.46. The lowest BCUT2D eigenvalue weighted by atomic mass is 10.1. The highest BCUT2D eigenvalue weighted by Gasteiger charge is 2.13. The zero-order valence-corrected chi connectivity index (χ0v) is 9.30. The van der Waals surface area contributed by atoms with Crippen LogP contribution in [0, 0.1) is 0 Å². The molecule has 5 nitrogen and oxygen atoms in total. The van der Waals surface area contributed by atoms with Crippen molar-refractivity contribution in [2.24, 2.45) is 0 Å². The molecule has 0 saturated carbocycles. The number of rotatable bonds is 5. The number of ether oxygens (including phenoxy) is 2. The van der Waals surface area contributed by atoms with Crippen LogP contribution < -0.4 is 9.47 Å². The number of hydrogen-bond acceptors (Lipinski definition) is 5. The van der Waals surface area contributed by atoms with E-state index in [1.807, 2.05) is 0 Å². The molecule has 0 radical (unpaired) electrons. The quantitative estimate of drug-likeness (QED) is 0.675. The molecule has 0 amide bonds. The molecule has 3 N–H and O–H groups in total. The molecule has 0 fully saturated rings. The minimum absolute atomic E-state index is 0.0766. The number of benzene rings is 1. The van der Waals surface area contributed by atoms with Crippen molar-refractivity contribution in [2.75, 3.05) is 20.8 Å². The van der Waals surface area contributed by atoms with Gasteiger partial charge in [0, 0.05) is 6.42 Å². The van der Waals surface area contributed by atoms with Gasteiger partial charge in [0.1, 0.15) is 0 Å². The Morgan fingerprint density at radius 2 is 1.69 bits per heavy atom. The highest BCUT2D eigenvalue weighted by Crippen LogP contribution is 2.37. The monoisotopic (exact) mass is 228 g/mol. The van der Waals surface area contributed by atoms with Crippen molar-refractivity contribution in [3.8, 4) is 17.2 Å². The van der Waals surface area contributed by atoms with Gasteiger partial charge in [0.05, 0.1) is 26.9 Å². The van der Waals surface area contributed by atoms with E-state index in [9.17, 15) is 10.2 Å². The van der Waals surface area contributed by atoms with Gasteiger partial charge in [0.15, 0.2) is 11.5 Å². The van der Waals surface area contributed by atoms with Crippen molar-refractivity contribution in [3.05, 3.63) is 17.7 Å². The molecule has 1 aromatic carbocycles. The second kappa shape index (κ2) is 5.58. The molecule has 0 saturated heterocycles. The van der Waals surface area contributed by atoms with E-state index in [0.29, 0.717) is 5.56 Å². The molecule has 16 heavy (non-hydrogen) atoms. The van der Waals surface area contributed by atoms with Crippen molar-refractivity contribution >= 4 is 0 Å². The zero-order valence-electron chi connectivity index (χ0n) is 9.30. The van der Waals surface area contributed by atoms with Crippen molar-refractivity contribution in [1.29, 1.82) is 0 Å². The van der Waals surface area contributed by atoms with Gasteiger partial charge in [0.2, 0.25) is 5.75 Å². The van der Waals surface area contributed by atoms with Gasteiger partial charge in [-0.3, -0.25) is 0 Å². The van der Waals surface area contributed by atoms with E-state index in [1.54, 1.807) is 12.1 Å². The molecule has 0 unspecified atom stereocenters. The summed E-state index contributed by atoms with van der Waals surface area (Å²) in [4.78, 5) is 0. The lowest BCUT2D eigenvalue weighted by Gasteiger charge is -2.12. The van der Waals surface area contributed by atoms with E-state index in [0.717, 1.165) is 0 Å². The third-order valence-electron chi connectivity index (χ3n) is 2.22. The molecule has 0 aliphatic rings. The Morgan fingerprint density at radius 3 is 2.06 bits per heavy atom. The minimum atomic E-state index is -0.834. The van der Waals surface area contributed by atoms with Crippen molar-refractivity contribution in [1.82, 2.24) is 0 Å². The average molecular weight is 228 g/mol. The Kier molecular flexibility index (Phi) is 4.39. The van der Waals surface area contributed by atoms with Gasteiger partial charge >= 0.3 is 0 Å². The van der Waals surface area contributed by atoms with Crippen LogP contribution in [0.4, 0.5) is 0 Å². The molecule has 0 aliphatic heterocycles. The topological polar surface area (TPSA) is 79.2 Å². The molecular formula is C11H16O5. The van der Waals surface area contributed by atoms with Crippen LogP contribution in [-0.4, -0.2) is 42.3 Å². The standard InChI is InChI=1S/C11H16O5/c1-15-9-4-7(3-8(13)6-12)5-10(16-2)11(9)14/h4-5,8,12-14H,3,6H2,1-2H3/t8-/m0/s1. The predicted molar refractivity (Wildman–Crippen MR) is 58.0 cm³/mol. The van der Waals surface area contributed by atoms with Crippen LogP contribution in [0.5, 0.6) is 17.2 Å². The third-order valence-corrected chi connectivity index (χ3v) is 2.22. The van der Waals surface area contributed by atoms with Crippen LogP contribution in [0.2, 0.25) is 0 Å². The molecular weight excluding hydrogens is 212 g/mol. The van der Waals surface area contributed by atoms with E-state index < -0.39 is 6.10 Å². The molecule has 0 heterocycles. The Bertz CT molecular complexity index is 325. The van der Waals surface area contributed by atoms with Gasteiger partial charge in [-0.15, -0.1) is 0 Å². The fourth-order valence-corrected chi connectivity index (χ4v) is 1.40. The maximum Gasteiger partial charge on any atom is 0.200 e. The molecule has 1 rings (SSSR count). The van der Waals surface area contributed by atoms with Crippen LogP contribution in [0.3, 0.4) is 0 Å². The van der Waals surface area contributed by atoms with Crippen LogP contribution in [0.25, 0.3) is 0 Å². The van der Waals surface area contributed by atoms with E-state index >= 15 is 0 Å². The minimum Gasteiger partial charge on any atom is -0.502 e. The predicted octanol–water partition coefficient (Wildman–Crippen LogP) is 0.305. The van der Waals surface area contributed by atoms with Crippen LogP contribution in [-0.2, 0) is 6.42 Å². The first kappa shape index (κ1) is 12.6. The summed E-state index contributed by atoms with van der Waals surface area (Å²) in [5.41, 5.74) is 0.716. The van der Waals surface area contributed by atoms with E-state index in [1.165, 1.54) is 14.2 Å². The van der Waals surface area contributed by atoms with E-state index in [2.05, 4.69) is 0 Å². The largest absolute Gasteiger partial charge is 0.502 e. The highest BCUT2D eigenvalue weighted by molar-refractivity contribution is 5.52. The second-order valence-electron chi connectivity index (χ2n) is 3.39. The Morgan fingerprint density at radius 1 is 1.19 bits per heavy atom. The molecule has 1 atom stereocenters. The number of methoxy groups -OCH3 is 2. The van der Waals surface area contributed by atoms with Crippen LogP contribution in [0.1, 0.15) is 5.56 Å². The van der Waals surface area contributed by atoms with Crippen LogP contribution in [0.15, 0.2) is 12.1 Å². The Labute approximate surface area is 93.9 Å². The smallest absolute Gasteiger partial charge is 0.200 e. The van der Waals surface area contributed by atoms with Crippen LogP contribution >= 0.6 is 0 Å². The second-order valence-corrected chi connectivity index (χ2v) is 3.39. The summed E-state index contributed by atoms with van der Waals surface area (Å²) in [5.74, 6) is 0.478. The van der Waals surface area contributed by atoms with Crippen molar-refractivity contribution < 1.29 is 24.8 Å². The molecule has 0 spiro atoms. The highest BCUT2D eigenvalue weighted by atomic mass is 16.5.